The first-order valence-electron chi connectivity index (χ1n) is 3.89. The zero-order valence-electron chi connectivity index (χ0n) is 7.37. The van der Waals surface area contributed by atoms with E-state index < -0.39 is 0 Å². The van der Waals surface area contributed by atoms with Crippen LogP contribution in [-0.4, -0.2) is 10.8 Å². The smallest absolute Gasteiger partial charge is 0.193 e. The molecular formula is C10H10N2O. The topological polar surface area (TPSA) is 56.0 Å². The van der Waals surface area contributed by atoms with Crippen LogP contribution in [0, 0.1) is 11.8 Å². The molecule has 0 aromatic carbocycles. The summed E-state index contributed by atoms with van der Waals surface area (Å²) < 4.78 is 0. The molecule has 0 radical (unpaired) electrons. The molecule has 0 aliphatic rings. The van der Waals surface area contributed by atoms with Crippen molar-refractivity contribution in [2.45, 2.75) is 13.3 Å². The van der Waals surface area contributed by atoms with Crippen molar-refractivity contribution in [3.8, 4) is 11.8 Å². The summed E-state index contributed by atoms with van der Waals surface area (Å²) in [4.78, 5) is 15.2. The molecule has 2 N–H and O–H groups in total. The maximum absolute atomic E-state index is 11.3. The SMILES string of the molecule is CC#CCC(=O)c1cccc(N)n1. The number of pyridine rings is 1. The van der Waals surface area contributed by atoms with Crippen LogP contribution in [0.1, 0.15) is 23.8 Å². The maximum atomic E-state index is 11.3. The van der Waals surface area contributed by atoms with Gasteiger partial charge in [0.1, 0.15) is 11.5 Å². The van der Waals surface area contributed by atoms with E-state index in [1.165, 1.54) is 0 Å². The second-order valence-electron chi connectivity index (χ2n) is 2.47. The third-order valence-electron chi connectivity index (χ3n) is 1.48. The van der Waals surface area contributed by atoms with Crippen molar-refractivity contribution in [2.75, 3.05) is 5.73 Å². The number of nitrogen functional groups attached to an aromatic ring is 1. The van der Waals surface area contributed by atoms with E-state index in [0.29, 0.717) is 11.5 Å². The molecule has 1 rings (SSSR count). The summed E-state index contributed by atoms with van der Waals surface area (Å²) in [6, 6.07) is 4.98. The van der Waals surface area contributed by atoms with Crippen LogP contribution in [0.5, 0.6) is 0 Å². The van der Waals surface area contributed by atoms with Crippen LogP contribution in [0.2, 0.25) is 0 Å². The highest BCUT2D eigenvalue weighted by Crippen LogP contribution is 2.02. The summed E-state index contributed by atoms with van der Waals surface area (Å²) in [6.45, 7) is 1.69. The fraction of sp³-hybridized carbons (Fsp3) is 0.200. The number of carbonyl (C=O) groups excluding carboxylic acids is 1. The highest BCUT2D eigenvalue weighted by Gasteiger charge is 2.04. The zero-order valence-corrected chi connectivity index (χ0v) is 7.37. The fourth-order valence-electron chi connectivity index (χ4n) is 0.866. The standard InChI is InChI=1S/C10H10N2O/c1-2-3-6-9(13)8-5-4-7-10(11)12-8/h4-5,7H,6H2,1H3,(H2,11,12). The second-order valence-corrected chi connectivity index (χ2v) is 2.47. The van der Waals surface area contributed by atoms with Gasteiger partial charge in [-0.3, -0.25) is 4.79 Å². The molecule has 66 valence electrons. The lowest BCUT2D eigenvalue weighted by Gasteiger charge is -1.96. The zero-order chi connectivity index (χ0) is 9.68. The van der Waals surface area contributed by atoms with Gasteiger partial charge in [0.2, 0.25) is 0 Å². The molecule has 0 bridgehead atoms. The van der Waals surface area contributed by atoms with Gasteiger partial charge >= 0.3 is 0 Å². The van der Waals surface area contributed by atoms with E-state index in [4.69, 9.17) is 5.73 Å². The summed E-state index contributed by atoms with van der Waals surface area (Å²) in [5, 5.41) is 0. The Bertz CT molecular complexity index is 374. The summed E-state index contributed by atoms with van der Waals surface area (Å²) >= 11 is 0. The van der Waals surface area contributed by atoms with Gasteiger partial charge in [-0.15, -0.1) is 5.92 Å². The molecule has 1 heterocycles. The van der Waals surface area contributed by atoms with Crippen molar-refractivity contribution in [3.05, 3.63) is 23.9 Å². The molecule has 0 aliphatic carbocycles. The van der Waals surface area contributed by atoms with Crippen molar-refractivity contribution in [1.29, 1.82) is 0 Å². The van der Waals surface area contributed by atoms with Crippen LogP contribution < -0.4 is 5.73 Å². The molecular weight excluding hydrogens is 164 g/mol. The lowest BCUT2D eigenvalue weighted by Crippen LogP contribution is -2.02. The summed E-state index contributed by atoms with van der Waals surface area (Å²) in [7, 11) is 0. The molecule has 0 spiro atoms. The number of hydrogen-bond donors (Lipinski definition) is 1. The van der Waals surface area contributed by atoms with Crippen LogP contribution in [-0.2, 0) is 0 Å². The third-order valence-corrected chi connectivity index (χ3v) is 1.48. The van der Waals surface area contributed by atoms with E-state index in [0.717, 1.165) is 0 Å². The Kier molecular flexibility index (Phi) is 3.04. The van der Waals surface area contributed by atoms with Crippen molar-refractivity contribution in [2.24, 2.45) is 0 Å². The number of hydrogen-bond acceptors (Lipinski definition) is 3. The number of nitrogens with zero attached hydrogens (tertiary/aromatic N) is 1. The van der Waals surface area contributed by atoms with Gasteiger partial charge in [-0.1, -0.05) is 12.0 Å². The Morgan fingerprint density at radius 2 is 2.38 bits per heavy atom. The molecule has 0 atom stereocenters. The minimum absolute atomic E-state index is 0.0957. The Balaban J connectivity index is 2.81. The van der Waals surface area contributed by atoms with Crippen molar-refractivity contribution >= 4 is 11.6 Å². The molecule has 13 heavy (non-hydrogen) atoms. The van der Waals surface area contributed by atoms with Gasteiger partial charge in [0.15, 0.2) is 5.78 Å². The first-order chi connectivity index (χ1) is 6.24. The first kappa shape index (κ1) is 9.27. The van der Waals surface area contributed by atoms with Gasteiger partial charge in [0, 0.05) is 0 Å². The highest BCUT2D eigenvalue weighted by atomic mass is 16.1. The summed E-state index contributed by atoms with van der Waals surface area (Å²) in [5.74, 6) is 5.60. The Hall–Kier alpha value is -1.82. The highest BCUT2D eigenvalue weighted by molar-refractivity contribution is 5.96. The quantitative estimate of drug-likeness (QED) is 0.542. The molecule has 1 aromatic rings. The molecule has 0 fully saturated rings. The number of carbonyl (C=O) groups is 1. The lowest BCUT2D eigenvalue weighted by molar-refractivity contribution is 0.0993. The molecule has 3 heteroatoms. The number of anilines is 1. The van der Waals surface area contributed by atoms with E-state index in [2.05, 4.69) is 16.8 Å². The Labute approximate surface area is 77.0 Å². The van der Waals surface area contributed by atoms with E-state index in [-0.39, 0.29) is 12.2 Å². The Morgan fingerprint density at radius 1 is 1.62 bits per heavy atom. The van der Waals surface area contributed by atoms with Gasteiger partial charge in [-0.2, -0.15) is 0 Å². The molecule has 0 aliphatic heterocycles. The number of aromatic nitrogens is 1. The van der Waals surface area contributed by atoms with E-state index >= 15 is 0 Å². The van der Waals surface area contributed by atoms with E-state index in [1.807, 2.05) is 0 Å². The van der Waals surface area contributed by atoms with Gasteiger partial charge in [0.05, 0.1) is 6.42 Å². The number of nitrogens with two attached hydrogens (primary N) is 1. The monoisotopic (exact) mass is 174 g/mol. The average molecular weight is 174 g/mol. The van der Waals surface area contributed by atoms with E-state index in [9.17, 15) is 4.79 Å². The third kappa shape index (κ3) is 2.60. The van der Waals surface area contributed by atoms with E-state index in [1.54, 1.807) is 25.1 Å². The molecule has 0 saturated carbocycles. The maximum Gasteiger partial charge on any atom is 0.193 e. The van der Waals surface area contributed by atoms with Crippen molar-refractivity contribution < 1.29 is 4.79 Å². The first-order valence-corrected chi connectivity index (χ1v) is 3.89. The Morgan fingerprint density at radius 3 is 3.00 bits per heavy atom. The molecule has 3 nitrogen and oxygen atoms in total. The van der Waals surface area contributed by atoms with Gasteiger partial charge in [-0.25, -0.2) is 4.98 Å². The van der Waals surface area contributed by atoms with Gasteiger partial charge in [0.25, 0.3) is 0 Å². The second kappa shape index (κ2) is 4.27. The van der Waals surface area contributed by atoms with Crippen LogP contribution in [0.3, 0.4) is 0 Å². The largest absolute Gasteiger partial charge is 0.384 e. The number of ketones is 1. The molecule has 0 unspecified atom stereocenters. The van der Waals surface area contributed by atoms with Crippen molar-refractivity contribution in [1.82, 2.24) is 4.98 Å². The van der Waals surface area contributed by atoms with Crippen molar-refractivity contribution in [3.63, 3.8) is 0 Å². The molecule has 1 aromatic heterocycles. The number of Topliss-reactive ketones (excluding diaryl/α,β-unsaturated/α-hetero) is 1. The normalized spacial score (nSPS) is 8.69. The molecule has 0 amide bonds. The minimum atomic E-state index is -0.0957. The predicted octanol–water partition coefficient (Wildman–Crippen LogP) is 1.26. The molecule has 0 saturated heterocycles. The average Bonchev–Trinajstić information content (AvgIpc) is 2.14. The summed E-state index contributed by atoms with van der Waals surface area (Å²) in [6.07, 6.45) is 0.201. The van der Waals surface area contributed by atoms with Crippen LogP contribution in [0.4, 0.5) is 5.82 Å². The fourth-order valence-corrected chi connectivity index (χ4v) is 0.866. The van der Waals surface area contributed by atoms with Crippen LogP contribution in [0.15, 0.2) is 18.2 Å². The van der Waals surface area contributed by atoms with Crippen LogP contribution >= 0.6 is 0 Å². The predicted molar refractivity (Wildman–Crippen MR) is 51.0 cm³/mol. The summed E-state index contributed by atoms with van der Waals surface area (Å²) in [5.41, 5.74) is 5.80. The number of rotatable bonds is 2. The van der Waals surface area contributed by atoms with Crippen LogP contribution in [0.25, 0.3) is 0 Å². The lowest BCUT2D eigenvalue weighted by atomic mass is 10.2. The minimum Gasteiger partial charge on any atom is -0.384 e. The van der Waals surface area contributed by atoms with Gasteiger partial charge in [-0.05, 0) is 19.1 Å². The van der Waals surface area contributed by atoms with Gasteiger partial charge < -0.3 is 5.73 Å².